The van der Waals surface area contributed by atoms with E-state index in [4.69, 9.17) is 4.74 Å². The van der Waals surface area contributed by atoms with Gasteiger partial charge in [-0.3, -0.25) is 30.5 Å². The Kier molecular flexibility index (Phi) is 9.27. The van der Waals surface area contributed by atoms with Crippen molar-refractivity contribution in [2.75, 3.05) is 56.3 Å². The molecule has 0 bridgehead atoms. The fourth-order valence-corrected chi connectivity index (χ4v) is 5.61. The topological polar surface area (TPSA) is 123 Å². The number of hydrogen-bond acceptors (Lipinski definition) is 9. The number of aromatic nitrogens is 2. The first-order valence-corrected chi connectivity index (χ1v) is 13.0. The van der Waals surface area contributed by atoms with E-state index in [0.29, 0.717) is 43.0 Å². The van der Waals surface area contributed by atoms with Gasteiger partial charge in [-0.05, 0) is 32.1 Å². The molecule has 200 valence electrons. The van der Waals surface area contributed by atoms with Crippen LogP contribution in [0.2, 0.25) is 0 Å². The van der Waals surface area contributed by atoms with Crippen LogP contribution < -0.4 is 15.8 Å². The van der Waals surface area contributed by atoms with E-state index in [2.05, 4.69) is 25.7 Å². The van der Waals surface area contributed by atoms with Gasteiger partial charge in [-0.25, -0.2) is 15.0 Å². The number of nitrogens with one attached hydrogen (secondary N) is 2. The Bertz CT molecular complexity index is 895. The van der Waals surface area contributed by atoms with Gasteiger partial charge in [0.2, 0.25) is 18.1 Å². The molecule has 3 fully saturated rings. The number of morpholine rings is 1. The molecule has 2 amide bonds. The van der Waals surface area contributed by atoms with Gasteiger partial charge in [-0.15, -0.1) is 0 Å². The molecule has 3 N–H and O–H groups in total. The number of nitrogens with zero attached hydrogens (tertiary/aromatic N) is 5. The first-order valence-electron chi connectivity index (χ1n) is 13.0. The van der Waals surface area contributed by atoms with Gasteiger partial charge in [0.25, 0.3) is 0 Å². The second-order valence-electron chi connectivity index (χ2n) is 10.1. The number of rotatable bonds is 11. The van der Waals surface area contributed by atoms with Crippen molar-refractivity contribution in [1.82, 2.24) is 25.4 Å². The third-order valence-electron chi connectivity index (χ3n) is 7.46. The second-order valence-corrected chi connectivity index (χ2v) is 10.1. The zero-order valence-corrected chi connectivity index (χ0v) is 21.0. The molecule has 12 heteroatoms. The molecule has 3 aliphatic rings. The van der Waals surface area contributed by atoms with Crippen LogP contribution in [-0.2, 0) is 14.3 Å². The average molecular weight is 508 g/mol. The lowest BCUT2D eigenvalue weighted by Crippen LogP contribution is -2.45. The van der Waals surface area contributed by atoms with Gasteiger partial charge in [0.1, 0.15) is 5.82 Å². The molecule has 1 aromatic heterocycles. The van der Waals surface area contributed by atoms with Gasteiger partial charge < -0.3 is 9.64 Å². The van der Waals surface area contributed by atoms with E-state index in [-0.39, 0.29) is 30.6 Å². The number of carbonyl (C=O) groups excluding carboxylic acids is 2. The van der Waals surface area contributed by atoms with Crippen molar-refractivity contribution in [3.8, 4) is 0 Å². The van der Waals surface area contributed by atoms with Crippen molar-refractivity contribution < 1.29 is 23.9 Å². The van der Waals surface area contributed by atoms with Crippen molar-refractivity contribution in [1.29, 1.82) is 0 Å². The Hall–Kier alpha value is -2.57. The largest absolute Gasteiger partial charge is 0.379 e. The van der Waals surface area contributed by atoms with Gasteiger partial charge >= 0.3 is 0 Å². The Morgan fingerprint density at radius 1 is 1.22 bits per heavy atom. The van der Waals surface area contributed by atoms with Crippen molar-refractivity contribution in [2.24, 2.45) is 11.8 Å². The number of hydrogen-bond donors (Lipinski definition) is 3. The summed E-state index contributed by atoms with van der Waals surface area (Å²) in [6.07, 6.45) is 7.01. The van der Waals surface area contributed by atoms with E-state index in [9.17, 15) is 14.8 Å². The molecule has 11 nitrogen and oxygen atoms in total. The Labute approximate surface area is 211 Å². The van der Waals surface area contributed by atoms with Crippen LogP contribution in [-0.4, -0.2) is 89.4 Å². The van der Waals surface area contributed by atoms with Crippen molar-refractivity contribution in [3.63, 3.8) is 0 Å². The molecule has 2 saturated heterocycles. The first kappa shape index (κ1) is 26.5. The van der Waals surface area contributed by atoms with Gasteiger partial charge in [0.05, 0.1) is 25.7 Å². The fraction of sp³-hybridized carbons (Fsp3) is 0.750. The molecular weight excluding hydrogens is 469 g/mol. The van der Waals surface area contributed by atoms with Crippen molar-refractivity contribution in [3.05, 3.63) is 11.6 Å². The monoisotopic (exact) mass is 507 g/mol. The minimum Gasteiger partial charge on any atom is -0.379 e. The number of halogens is 1. The minimum atomic E-state index is -0.627. The van der Waals surface area contributed by atoms with E-state index in [1.165, 1.54) is 0 Å². The third-order valence-corrected chi connectivity index (χ3v) is 7.46. The lowest BCUT2D eigenvalue weighted by molar-refractivity contribution is -0.154. The third kappa shape index (κ3) is 6.80. The molecule has 0 aromatic carbocycles. The molecule has 0 spiro atoms. The molecule has 4 rings (SSSR count). The van der Waals surface area contributed by atoms with Crippen molar-refractivity contribution in [2.45, 2.75) is 57.9 Å². The zero-order chi connectivity index (χ0) is 25.5. The number of aryl methyl sites for hydroxylation is 1. The molecule has 2 atom stereocenters. The van der Waals surface area contributed by atoms with Crippen LogP contribution in [0.3, 0.4) is 0 Å². The SMILES string of the molecule is Cc1nc(NNC(=O)[C@H](CC2CCCC2)CN(O)C=O)c(F)c(N2CCC[C@H]2CN2CCOCC2)n1. The summed E-state index contributed by atoms with van der Waals surface area (Å²) >= 11 is 0. The smallest absolute Gasteiger partial charge is 0.243 e. The summed E-state index contributed by atoms with van der Waals surface area (Å²) in [5.74, 6) is -0.768. The number of carbonyl (C=O) groups is 2. The van der Waals surface area contributed by atoms with Crippen LogP contribution in [0.5, 0.6) is 0 Å². The highest BCUT2D eigenvalue weighted by Crippen LogP contribution is 2.31. The molecule has 1 saturated carbocycles. The first-order chi connectivity index (χ1) is 17.4. The molecule has 36 heavy (non-hydrogen) atoms. The minimum absolute atomic E-state index is 0.0984. The van der Waals surface area contributed by atoms with E-state index < -0.39 is 17.6 Å². The molecular formula is C24H38FN7O4. The highest BCUT2D eigenvalue weighted by molar-refractivity contribution is 5.80. The number of anilines is 2. The second kappa shape index (κ2) is 12.6. The maximum atomic E-state index is 15.6. The van der Waals surface area contributed by atoms with Crippen LogP contribution in [0, 0.1) is 24.6 Å². The molecule has 0 radical (unpaired) electrons. The maximum Gasteiger partial charge on any atom is 0.243 e. The van der Waals surface area contributed by atoms with Gasteiger partial charge in [-0.2, -0.15) is 4.39 Å². The average Bonchev–Trinajstić information content (AvgIpc) is 3.56. The molecule has 3 heterocycles. The number of amides is 2. The quantitative estimate of drug-likeness (QED) is 0.233. The van der Waals surface area contributed by atoms with E-state index in [0.717, 1.165) is 58.2 Å². The lowest BCUT2D eigenvalue weighted by atomic mass is 9.92. The Morgan fingerprint density at radius 3 is 2.69 bits per heavy atom. The van der Waals surface area contributed by atoms with Gasteiger partial charge in [0, 0.05) is 32.2 Å². The zero-order valence-electron chi connectivity index (χ0n) is 21.0. The van der Waals surface area contributed by atoms with Crippen LogP contribution in [0.1, 0.15) is 50.8 Å². The predicted molar refractivity (Wildman–Crippen MR) is 131 cm³/mol. The van der Waals surface area contributed by atoms with Gasteiger partial charge in [-0.1, -0.05) is 25.7 Å². The van der Waals surface area contributed by atoms with E-state index >= 15 is 4.39 Å². The number of ether oxygens (including phenoxy) is 1. The normalized spacial score (nSPS) is 22.0. The summed E-state index contributed by atoms with van der Waals surface area (Å²) in [7, 11) is 0. The van der Waals surface area contributed by atoms with Gasteiger partial charge in [0.15, 0.2) is 11.6 Å². The van der Waals surface area contributed by atoms with Crippen LogP contribution in [0.4, 0.5) is 16.0 Å². The Morgan fingerprint density at radius 2 is 1.97 bits per heavy atom. The van der Waals surface area contributed by atoms with Crippen LogP contribution >= 0.6 is 0 Å². The summed E-state index contributed by atoms with van der Waals surface area (Å²) in [6.45, 7) is 6.25. The molecule has 1 aromatic rings. The van der Waals surface area contributed by atoms with Crippen LogP contribution in [0.25, 0.3) is 0 Å². The summed E-state index contributed by atoms with van der Waals surface area (Å²) in [4.78, 5) is 36.8. The standard InChI is InChI=1S/C24H38FN7O4/c1-17-26-22(28-29-24(34)19(14-31(35)16-33)13-18-5-2-3-6-18)21(25)23(27-17)32-8-4-7-20(32)15-30-9-11-36-12-10-30/h16,18-20,35H,2-15H2,1H3,(H,29,34)(H,26,27,28)/t19-,20+/m1/s1. The van der Waals surface area contributed by atoms with Crippen LogP contribution in [0.15, 0.2) is 0 Å². The summed E-state index contributed by atoms with van der Waals surface area (Å²) in [5.41, 5.74) is 5.19. The number of hydroxylamine groups is 2. The molecule has 1 aliphatic carbocycles. The summed E-state index contributed by atoms with van der Waals surface area (Å²) < 4.78 is 21.0. The highest BCUT2D eigenvalue weighted by atomic mass is 19.1. The van der Waals surface area contributed by atoms with E-state index in [1.807, 2.05) is 4.90 Å². The lowest BCUT2D eigenvalue weighted by Gasteiger charge is -2.33. The molecule has 2 aliphatic heterocycles. The Balaban J connectivity index is 1.43. The maximum absolute atomic E-state index is 15.6. The fourth-order valence-electron chi connectivity index (χ4n) is 5.61. The van der Waals surface area contributed by atoms with Crippen molar-refractivity contribution >= 4 is 24.0 Å². The summed E-state index contributed by atoms with van der Waals surface area (Å²) in [6, 6.07) is 0.143. The predicted octanol–water partition coefficient (Wildman–Crippen LogP) is 1.71. The highest BCUT2D eigenvalue weighted by Gasteiger charge is 2.32. The number of hydrazine groups is 1. The molecule has 0 unspecified atom stereocenters. The summed E-state index contributed by atoms with van der Waals surface area (Å²) in [5, 5.41) is 10.2. The van der Waals surface area contributed by atoms with E-state index in [1.54, 1.807) is 6.92 Å².